The average molecular weight is 486 g/mol. The van der Waals surface area contributed by atoms with E-state index < -0.39 is 23.2 Å². The van der Waals surface area contributed by atoms with E-state index in [1.165, 1.54) is 0 Å². The smallest absolute Gasteiger partial charge is 0.246 e. The number of ether oxygens (including phenoxy) is 1. The van der Waals surface area contributed by atoms with Crippen LogP contribution in [-0.2, 0) is 16.6 Å². The maximum Gasteiger partial charge on any atom is 0.246 e. The number of aliphatic hydroxyl groups is 1. The third-order valence-corrected chi connectivity index (χ3v) is 9.26. The van der Waals surface area contributed by atoms with Crippen LogP contribution >= 0.6 is 0 Å². The molecule has 6 atom stereocenters. The van der Waals surface area contributed by atoms with Crippen LogP contribution in [-0.4, -0.2) is 69.8 Å². The van der Waals surface area contributed by atoms with Crippen molar-refractivity contribution in [2.45, 2.75) is 67.9 Å². The second-order valence-electron chi connectivity index (χ2n) is 10.9. The van der Waals surface area contributed by atoms with E-state index in [4.69, 9.17) is 4.74 Å². The van der Waals surface area contributed by atoms with Gasteiger partial charge in [-0.15, -0.1) is 0 Å². The molecule has 6 rings (SSSR count). The maximum atomic E-state index is 13.3. The quantitative estimate of drug-likeness (QED) is 0.649. The lowest BCUT2D eigenvalue weighted by Crippen LogP contribution is -2.79. The molecule has 1 saturated heterocycles. The SMILES string of the molecule is Cc1cccc(C=CC(=O)N(C)[C@@H]2CC[C@@]3(O)[C@H]4Cc5ccc(O)c6c5[C@@]3(CC(C#N)N4C)[C@H]2O6)c1. The molecule has 1 saturated carbocycles. The van der Waals surface area contributed by atoms with E-state index in [2.05, 4.69) is 6.07 Å². The number of likely N-dealkylation sites (N-methyl/N-ethyl adjacent to an activating group) is 2. The minimum Gasteiger partial charge on any atom is -0.504 e. The summed E-state index contributed by atoms with van der Waals surface area (Å²) in [6.07, 6.45) is 4.85. The van der Waals surface area contributed by atoms with Gasteiger partial charge in [-0.2, -0.15) is 5.26 Å². The Bertz CT molecular complexity index is 1330. The molecule has 2 fully saturated rings. The molecule has 2 heterocycles. The molecule has 2 aliphatic heterocycles. The van der Waals surface area contributed by atoms with Gasteiger partial charge in [0.05, 0.1) is 29.2 Å². The minimum absolute atomic E-state index is 0.0397. The molecule has 1 spiro atoms. The Morgan fingerprint density at radius 3 is 2.89 bits per heavy atom. The Hall–Kier alpha value is -3.34. The van der Waals surface area contributed by atoms with E-state index in [1.807, 2.05) is 55.3 Å². The number of piperidine rings is 1. The highest BCUT2D eigenvalue weighted by Crippen LogP contribution is 2.66. The van der Waals surface area contributed by atoms with Gasteiger partial charge in [-0.05, 0) is 62.9 Å². The van der Waals surface area contributed by atoms with E-state index in [0.717, 1.165) is 22.3 Å². The summed E-state index contributed by atoms with van der Waals surface area (Å²) in [5.74, 6) is 0.293. The molecule has 186 valence electrons. The predicted molar refractivity (Wildman–Crippen MR) is 134 cm³/mol. The zero-order valence-corrected chi connectivity index (χ0v) is 20.8. The first-order chi connectivity index (χ1) is 17.2. The standard InChI is InChI=1S/C29H31N3O4/c1-17-5-4-6-18(13-17)7-10-24(34)32(3)21-11-12-29(35)23-14-19-8-9-22(33)26-25(19)28(29,27(21)36-26)15-20(16-30)31(23)2/h4-10,13,20-21,23,27,33,35H,11-12,14-15H2,1-3H3/t20?,21-,23-,27+,28+,29-/m1/s1. The highest BCUT2D eigenvalue weighted by atomic mass is 16.5. The zero-order chi connectivity index (χ0) is 25.4. The Balaban J connectivity index is 1.41. The number of hydrogen-bond acceptors (Lipinski definition) is 6. The van der Waals surface area contributed by atoms with Crippen molar-refractivity contribution in [2.75, 3.05) is 14.1 Å². The van der Waals surface area contributed by atoms with E-state index in [-0.39, 0.29) is 23.7 Å². The van der Waals surface area contributed by atoms with Gasteiger partial charge in [-0.25, -0.2) is 0 Å². The average Bonchev–Trinajstić information content (AvgIpc) is 3.21. The third kappa shape index (κ3) is 2.89. The van der Waals surface area contributed by atoms with Gasteiger partial charge in [0.25, 0.3) is 0 Å². The maximum absolute atomic E-state index is 13.3. The molecule has 2 aromatic carbocycles. The summed E-state index contributed by atoms with van der Waals surface area (Å²) in [6.45, 7) is 2.01. The number of nitriles is 1. The molecule has 2 aromatic rings. The van der Waals surface area contributed by atoms with Crippen LogP contribution in [0.25, 0.3) is 6.08 Å². The molecule has 7 nitrogen and oxygen atoms in total. The Morgan fingerprint density at radius 2 is 2.14 bits per heavy atom. The van der Waals surface area contributed by atoms with Crippen molar-refractivity contribution in [3.8, 4) is 17.6 Å². The monoisotopic (exact) mass is 485 g/mol. The topological polar surface area (TPSA) is 97.0 Å². The summed E-state index contributed by atoms with van der Waals surface area (Å²) in [5, 5.41) is 33.1. The molecule has 2 N–H and O–H groups in total. The molecular formula is C29H31N3O4. The number of phenols is 1. The Labute approximate surface area is 211 Å². The fraction of sp³-hybridized carbons (Fsp3) is 0.448. The van der Waals surface area contributed by atoms with Crippen molar-refractivity contribution < 1.29 is 19.7 Å². The number of aryl methyl sites for hydroxylation is 1. The number of likely N-dealkylation sites (tertiary alicyclic amines) is 1. The molecule has 0 radical (unpaired) electrons. The number of aromatic hydroxyl groups is 1. The summed E-state index contributed by atoms with van der Waals surface area (Å²) in [5.41, 5.74) is 1.96. The lowest BCUT2D eigenvalue weighted by atomic mass is 9.47. The first-order valence-electron chi connectivity index (χ1n) is 12.6. The normalized spacial score (nSPS) is 34.1. The number of benzene rings is 2. The number of phenolic OH excluding ortho intramolecular Hbond substituents is 1. The molecule has 2 aliphatic carbocycles. The largest absolute Gasteiger partial charge is 0.504 e. The van der Waals surface area contributed by atoms with Crippen LogP contribution in [0, 0.1) is 18.3 Å². The fourth-order valence-corrected chi connectivity index (χ4v) is 7.51. The molecule has 1 amide bonds. The van der Waals surface area contributed by atoms with Crippen molar-refractivity contribution in [1.29, 1.82) is 5.26 Å². The fourth-order valence-electron chi connectivity index (χ4n) is 7.51. The van der Waals surface area contributed by atoms with Gasteiger partial charge in [-0.3, -0.25) is 9.69 Å². The van der Waals surface area contributed by atoms with Gasteiger partial charge >= 0.3 is 0 Å². The van der Waals surface area contributed by atoms with Gasteiger partial charge in [0.1, 0.15) is 6.10 Å². The van der Waals surface area contributed by atoms with Gasteiger partial charge in [-0.1, -0.05) is 35.9 Å². The van der Waals surface area contributed by atoms with Gasteiger partial charge in [0, 0.05) is 24.7 Å². The molecule has 1 unspecified atom stereocenters. The van der Waals surface area contributed by atoms with Crippen molar-refractivity contribution in [3.05, 3.63) is 64.7 Å². The molecule has 2 bridgehead atoms. The summed E-state index contributed by atoms with van der Waals surface area (Å²) in [4.78, 5) is 17.0. The zero-order valence-electron chi connectivity index (χ0n) is 20.8. The number of rotatable bonds is 3. The second kappa shape index (κ2) is 7.83. The van der Waals surface area contributed by atoms with Crippen molar-refractivity contribution in [2.24, 2.45) is 0 Å². The van der Waals surface area contributed by atoms with E-state index in [9.17, 15) is 20.3 Å². The highest BCUT2D eigenvalue weighted by Gasteiger charge is 2.74. The Kier molecular flexibility index (Phi) is 5.02. The lowest BCUT2D eigenvalue weighted by Gasteiger charge is -2.65. The summed E-state index contributed by atoms with van der Waals surface area (Å²) < 4.78 is 6.51. The van der Waals surface area contributed by atoms with Crippen LogP contribution in [0.4, 0.5) is 0 Å². The van der Waals surface area contributed by atoms with Crippen LogP contribution < -0.4 is 4.74 Å². The molecule has 36 heavy (non-hydrogen) atoms. The van der Waals surface area contributed by atoms with Crippen molar-refractivity contribution in [3.63, 3.8) is 0 Å². The number of hydrogen-bond donors (Lipinski definition) is 2. The number of carbonyl (C=O) groups is 1. The molecule has 4 aliphatic rings. The molecule has 7 heteroatoms. The first kappa shape index (κ1) is 23.1. The summed E-state index contributed by atoms with van der Waals surface area (Å²) in [7, 11) is 3.69. The summed E-state index contributed by atoms with van der Waals surface area (Å²) in [6, 6.07) is 13.0. The predicted octanol–water partition coefficient (Wildman–Crippen LogP) is 2.92. The first-order valence-corrected chi connectivity index (χ1v) is 12.6. The molecular weight excluding hydrogens is 454 g/mol. The van der Waals surface area contributed by atoms with Crippen LogP contribution in [0.2, 0.25) is 0 Å². The van der Waals surface area contributed by atoms with Gasteiger partial charge in [0.15, 0.2) is 11.5 Å². The van der Waals surface area contributed by atoms with Crippen LogP contribution in [0.5, 0.6) is 11.5 Å². The van der Waals surface area contributed by atoms with Gasteiger partial charge in [0.2, 0.25) is 5.91 Å². The number of carbonyl (C=O) groups excluding carboxylic acids is 1. The highest BCUT2D eigenvalue weighted by molar-refractivity contribution is 5.92. The third-order valence-electron chi connectivity index (χ3n) is 9.26. The minimum atomic E-state index is -1.12. The second-order valence-corrected chi connectivity index (χ2v) is 10.9. The molecule has 0 aromatic heterocycles. The lowest BCUT2D eigenvalue weighted by molar-refractivity contribution is -0.202. The van der Waals surface area contributed by atoms with Crippen LogP contribution in [0.1, 0.15) is 41.5 Å². The van der Waals surface area contributed by atoms with Crippen LogP contribution in [0.15, 0.2) is 42.5 Å². The van der Waals surface area contributed by atoms with Crippen molar-refractivity contribution >= 4 is 12.0 Å². The van der Waals surface area contributed by atoms with Crippen molar-refractivity contribution in [1.82, 2.24) is 9.80 Å². The van der Waals surface area contributed by atoms with E-state index >= 15 is 0 Å². The summed E-state index contributed by atoms with van der Waals surface area (Å²) >= 11 is 0. The van der Waals surface area contributed by atoms with E-state index in [1.54, 1.807) is 24.1 Å². The van der Waals surface area contributed by atoms with E-state index in [0.29, 0.717) is 31.4 Å². The van der Waals surface area contributed by atoms with Gasteiger partial charge < -0.3 is 19.8 Å². The van der Waals surface area contributed by atoms with Crippen LogP contribution in [0.3, 0.4) is 0 Å². The number of amides is 1. The number of nitrogens with zero attached hydrogens (tertiary/aromatic N) is 3. The Morgan fingerprint density at radius 1 is 1.33 bits per heavy atom.